The van der Waals surface area contributed by atoms with E-state index in [0.29, 0.717) is 23.2 Å². The van der Waals surface area contributed by atoms with E-state index in [0.717, 1.165) is 6.07 Å². The van der Waals surface area contributed by atoms with Crippen molar-refractivity contribution in [2.75, 3.05) is 0 Å². The molecule has 3 aromatic rings. The Morgan fingerprint density at radius 2 is 1.97 bits per heavy atom. The number of fused-ring (bicyclic) bond motifs is 3. The first kappa shape index (κ1) is 27.2. The van der Waals surface area contributed by atoms with Gasteiger partial charge in [-0.05, 0) is 42.0 Å². The first-order valence-corrected chi connectivity index (χ1v) is 12.4. The van der Waals surface area contributed by atoms with E-state index in [1.165, 1.54) is 12.1 Å². The summed E-state index contributed by atoms with van der Waals surface area (Å²) in [6.07, 6.45) is -1.00. The molecule has 0 saturated heterocycles. The van der Waals surface area contributed by atoms with Crippen molar-refractivity contribution >= 4 is 28.7 Å². The summed E-state index contributed by atoms with van der Waals surface area (Å²) in [5, 5.41) is 15.9. The second kappa shape index (κ2) is 10.5. The number of para-hydroxylation sites is 1. The number of alkyl halides is 3. The molecule has 0 radical (unpaired) electrons. The van der Waals surface area contributed by atoms with Crippen molar-refractivity contribution in [3.05, 3.63) is 65.1 Å². The summed E-state index contributed by atoms with van der Waals surface area (Å²) in [6.45, 7) is 3.63. The SMILES string of the molecule is CCC(C)C(NC(=O)Cc1cccnc1)C(=O)NC1(C(=O)O)CCc2[nH]c3c(C(F)(F)F)cccc3c2C1. The predicted molar refractivity (Wildman–Crippen MR) is 133 cm³/mol. The zero-order valence-corrected chi connectivity index (χ0v) is 21.0. The number of aromatic amines is 1. The largest absolute Gasteiger partial charge is 0.479 e. The van der Waals surface area contributed by atoms with Crippen molar-refractivity contribution in [3.8, 4) is 0 Å². The fourth-order valence-electron chi connectivity index (χ4n) is 4.98. The molecule has 3 unspecified atom stereocenters. The molecule has 4 N–H and O–H groups in total. The van der Waals surface area contributed by atoms with Crippen LogP contribution in [0.1, 0.15) is 49.1 Å². The van der Waals surface area contributed by atoms with E-state index in [1.807, 2.05) is 6.92 Å². The lowest BCUT2D eigenvalue weighted by molar-refractivity contribution is -0.149. The van der Waals surface area contributed by atoms with Crippen LogP contribution in [-0.4, -0.2) is 44.4 Å². The lowest BCUT2D eigenvalue weighted by Crippen LogP contribution is -2.62. The number of halogens is 3. The topological polar surface area (TPSA) is 124 Å². The van der Waals surface area contributed by atoms with Gasteiger partial charge in [-0.3, -0.25) is 14.6 Å². The van der Waals surface area contributed by atoms with E-state index in [-0.39, 0.29) is 42.5 Å². The van der Waals surface area contributed by atoms with Crippen LogP contribution in [0.15, 0.2) is 42.7 Å². The van der Waals surface area contributed by atoms with Gasteiger partial charge in [-0.25, -0.2) is 4.79 Å². The fourth-order valence-corrected chi connectivity index (χ4v) is 4.98. The fraction of sp³-hybridized carbons (Fsp3) is 0.407. The minimum atomic E-state index is -4.58. The molecule has 38 heavy (non-hydrogen) atoms. The van der Waals surface area contributed by atoms with E-state index < -0.39 is 41.1 Å². The normalized spacial score (nSPS) is 18.9. The quantitative estimate of drug-likeness (QED) is 0.353. The minimum Gasteiger partial charge on any atom is -0.479 e. The van der Waals surface area contributed by atoms with Gasteiger partial charge in [0, 0.05) is 29.9 Å². The molecule has 0 spiro atoms. The third-order valence-corrected chi connectivity index (χ3v) is 7.29. The Kier molecular flexibility index (Phi) is 7.48. The van der Waals surface area contributed by atoms with Gasteiger partial charge in [0.05, 0.1) is 17.5 Å². The molecule has 0 aliphatic heterocycles. The van der Waals surface area contributed by atoms with E-state index in [1.54, 1.807) is 31.5 Å². The van der Waals surface area contributed by atoms with Crippen molar-refractivity contribution in [1.82, 2.24) is 20.6 Å². The second-order valence-corrected chi connectivity index (χ2v) is 9.83. The van der Waals surface area contributed by atoms with Gasteiger partial charge < -0.3 is 20.7 Å². The lowest BCUT2D eigenvalue weighted by atomic mass is 9.79. The minimum absolute atomic E-state index is 0.00162. The van der Waals surface area contributed by atoms with Crippen LogP contribution in [0.3, 0.4) is 0 Å². The van der Waals surface area contributed by atoms with Crippen LogP contribution in [-0.2, 0) is 39.8 Å². The van der Waals surface area contributed by atoms with Gasteiger partial charge in [0.25, 0.3) is 0 Å². The molecule has 1 aliphatic carbocycles. The maximum Gasteiger partial charge on any atom is 0.418 e. The Labute approximate surface area is 217 Å². The number of hydrogen-bond acceptors (Lipinski definition) is 4. The number of hydrogen-bond donors (Lipinski definition) is 4. The molecule has 2 heterocycles. The lowest BCUT2D eigenvalue weighted by Gasteiger charge is -2.36. The third-order valence-electron chi connectivity index (χ3n) is 7.29. The summed E-state index contributed by atoms with van der Waals surface area (Å²) in [5.74, 6) is -2.66. The number of aliphatic carboxylic acids is 1. The monoisotopic (exact) mass is 530 g/mol. The third kappa shape index (κ3) is 5.36. The molecule has 4 rings (SSSR count). The molecular weight excluding hydrogens is 501 g/mol. The highest BCUT2D eigenvalue weighted by Gasteiger charge is 2.46. The number of aromatic nitrogens is 2. The average molecular weight is 531 g/mol. The van der Waals surface area contributed by atoms with E-state index in [9.17, 15) is 32.7 Å². The van der Waals surface area contributed by atoms with E-state index in [4.69, 9.17) is 0 Å². The van der Waals surface area contributed by atoms with Gasteiger partial charge in [-0.15, -0.1) is 0 Å². The standard InChI is InChI=1S/C27H29F3N4O4/c1-3-15(2)22(33-21(35)12-16-6-5-11-31-14-16)24(36)34-26(25(37)38)10-9-20-18(13-26)17-7-4-8-19(23(17)32-20)27(28,29)30/h4-8,11,14-15,22,32H,3,9-10,12-13H2,1-2H3,(H,33,35)(H,34,36)(H,37,38). The molecule has 0 saturated carbocycles. The number of carboxylic acids is 1. The van der Waals surface area contributed by atoms with Crippen molar-refractivity contribution in [1.29, 1.82) is 0 Å². The highest BCUT2D eigenvalue weighted by molar-refractivity contribution is 5.94. The summed E-state index contributed by atoms with van der Waals surface area (Å²) >= 11 is 0. The Balaban J connectivity index is 1.60. The highest BCUT2D eigenvalue weighted by atomic mass is 19.4. The first-order valence-electron chi connectivity index (χ1n) is 12.4. The molecule has 2 aromatic heterocycles. The van der Waals surface area contributed by atoms with Crippen LogP contribution < -0.4 is 10.6 Å². The van der Waals surface area contributed by atoms with Gasteiger partial charge in [0.1, 0.15) is 11.6 Å². The molecule has 11 heteroatoms. The van der Waals surface area contributed by atoms with Crippen molar-refractivity contribution in [2.24, 2.45) is 5.92 Å². The van der Waals surface area contributed by atoms with Gasteiger partial charge in [0.15, 0.2) is 0 Å². The molecule has 2 amide bonds. The summed E-state index contributed by atoms with van der Waals surface area (Å²) in [6, 6.07) is 6.20. The molecule has 1 aliphatic rings. The van der Waals surface area contributed by atoms with Crippen molar-refractivity contribution in [3.63, 3.8) is 0 Å². The van der Waals surface area contributed by atoms with Gasteiger partial charge in [-0.2, -0.15) is 13.2 Å². The average Bonchev–Trinajstić information content (AvgIpc) is 3.24. The molecule has 0 fully saturated rings. The zero-order valence-electron chi connectivity index (χ0n) is 21.0. The molecule has 202 valence electrons. The maximum atomic E-state index is 13.6. The number of rotatable bonds is 8. The van der Waals surface area contributed by atoms with Crippen LogP contribution in [0.5, 0.6) is 0 Å². The molecule has 3 atom stereocenters. The van der Waals surface area contributed by atoms with Crippen LogP contribution in [0, 0.1) is 5.92 Å². The number of nitrogens with zero attached hydrogens (tertiary/aromatic N) is 1. The molecule has 8 nitrogen and oxygen atoms in total. The first-order chi connectivity index (χ1) is 17.9. The van der Waals surface area contributed by atoms with E-state index in [2.05, 4.69) is 20.6 Å². The van der Waals surface area contributed by atoms with Crippen LogP contribution >= 0.6 is 0 Å². The number of nitrogens with one attached hydrogen (secondary N) is 3. The van der Waals surface area contributed by atoms with Crippen LogP contribution in [0.4, 0.5) is 13.2 Å². The number of amides is 2. The predicted octanol–water partition coefficient (Wildman–Crippen LogP) is 3.78. The van der Waals surface area contributed by atoms with Crippen LogP contribution in [0.25, 0.3) is 10.9 Å². The zero-order chi connectivity index (χ0) is 27.7. The Morgan fingerprint density at radius 1 is 1.21 bits per heavy atom. The summed E-state index contributed by atoms with van der Waals surface area (Å²) < 4.78 is 40.7. The van der Waals surface area contributed by atoms with Gasteiger partial charge >= 0.3 is 12.1 Å². The number of carboxylic acid groups (broad SMARTS) is 1. The Bertz CT molecular complexity index is 1360. The smallest absolute Gasteiger partial charge is 0.418 e. The van der Waals surface area contributed by atoms with Gasteiger partial charge in [0.2, 0.25) is 11.8 Å². The number of benzene rings is 1. The molecule has 1 aromatic carbocycles. The highest BCUT2D eigenvalue weighted by Crippen LogP contribution is 2.40. The van der Waals surface area contributed by atoms with E-state index >= 15 is 0 Å². The number of pyridine rings is 1. The second-order valence-electron chi connectivity index (χ2n) is 9.83. The number of carbonyl (C=O) groups excluding carboxylic acids is 2. The summed E-state index contributed by atoms with van der Waals surface area (Å²) in [7, 11) is 0. The maximum absolute atomic E-state index is 13.6. The Morgan fingerprint density at radius 3 is 2.61 bits per heavy atom. The Hall–Kier alpha value is -3.89. The number of aryl methyl sites for hydroxylation is 1. The van der Waals surface area contributed by atoms with Crippen molar-refractivity contribution < 1.29 is 32.7 Å². The number of H-pyrrole nitrogens is 1. The van der Waals surface area contributed by atoms with Gasteiger partial charge in [-0.1, -0.05) is 38.5 Å². The summed E-state index contributed by atoms with van der Waals surface area (Å²) in [5.41, 5.74) is -1.06. The summed E-state index contributed by atoms with van der Waals surface area (Å²) in [4.78, 5) is 45.5. The molecular formula is C27H29F3N4O4. The molecule has 0 bridgehead atoms. The van der Waals surface area contributed by atoms with Crippen molar-refractivity contribution in [2.45, 2.75) is 63.7 Å². The number of carbonyl (C=O) groups is 3. The van der Waals surface area contributed by atoms with Crippen LogP contribution in [0.2, 0.25) is 0 Å².